The van der Waals surface area contributed by atoms with E-state index >= 15 is 0 Å². The van der Waals surface area contributed by atoms with Gasteiger partial charge in [0.05, 0.1) is 5.69 Å². The van der Waals surface area contributed by atoms with Crippen LogP contribution in [0.2, 0.25) is 0 Å². The molecule has 1 aromatic carbocycles. The average molecular weight is 278 g/mol. The van der Waals surface area contributed by atoms with Gasteiger partial charge < -0.3 is 0 Å². The van der Waals surface area contributed by atoms with Gasteiger partial charge in [-0.1, -0.05) is 30.9 Å². The zero-order chi connectivity index (χ0) is 15.1. The fourth-order valence-electron chi connectivity index (χ4n) is 1.73. The largest absolute Gasteiger partial charge is 0.269 e. The third-order valence-electron chi connectivity index (χ3n) is 2.77. The van der Waals surface area contributed by atoms with Crippen LogP contribution in [0.15, 0.2) is 73.6 Å². The number of benzene rings is 1. The van der Waals surface area contributed by atoms with E-state index in [9.17, 15) is 9.59 Å². The molecule has 0 saturated heterocycles. The monoisotopic (exact) mass is 278 g/mol. The second-order valence-corrected chi connectivity index (χ2v) is 4.17. The maximum Gasteiger partial charge on any atom is 0.258 e. The average Bonchev–Trinajstić information content (AvgIpc) is 2.88. The second kappa shape index (κ2) is 6.96. The fraction of sp³-hybridized carbons (Fsp3) is 0. The Morgan fingerprint density at radius 2 is 1.48 bits per heavy atom. The number of pyridine rings is 1. The van der Waals surface area contributed by atoms with Gasteiger partial charge in [-0.15, -0.1) is 0 Å². The standard InChI is InChI=1S/C10H7NO2.C7H7N/c12-9-6-7-10(13)11(9)8-4-2-1-3-5-8;1-2-7-3-5-8-6-4-7/h1-7H;2-6H,1H2. The number of hydrogen-bond donors (Lipinski definition) is 0. The van der Waals surface area contributed by atoms with E-state index in [1.807, 2.05) is 18.2 Å². The van der Waals surface area contributed by atoms with E-state index in [0.717, 1.165) is 10.5 Å². The number of nitrogens with zero attached hydrogens (tertiary/aromatic N) is 2. The first kappa shape index (κ1) is 14.4. The lowest BCUT2D eigenvalue weighted by atomic mass is 10.3. The van der Waals surface area contributed by atoms with Crippen molar-refractivity contribution in [1.82, 2.24) is 4.98 Å². The molecule has 1 aliphatic rings. The summed E-state index contributed by atoms with van der Waals surface area (Å²) in [7, 11) is 0. The minimum Gasteiger partial charge on any atom is -0.269 e. The van der Waals surface area contributed by atoms with Crippen molar-refractivity contribution in [2.75, 3.05) is 4.90 Å². The van der Waals surface area contributed by atoms with Crippen molar-refractivity contribution >= 4 is 23.6 Å². The molecule has 2 aromatic rings. The van der Waals surface area contributed by atoms with Crippen LogP contribution in [0.4, 0.5) is 5.69 Å². The van der Waals surface area contributed by atoms with Gasteiger partial charge in [-0.25, -0.2) is 4.90 Å². The predicted molar refractivity (Wildman–Crippen MR) is 82.4 cm³/mol. The van der Waals surface area contributed by atoms with Crippen molar-refractivity contribution in [1.29, 1.82) is 0 Å². The molecule has 0 unspecified atom stereocenters. The molecule has 4 nitrogen and oxygen atoms in total. The minimum atomic E-state index is -0.281. The fourth-order valence-corrected chi connectivity index (χ4v) is 1.73. The number of carbonyl (C=O) groups is 2. The van der Waals surface area contributed by atoms with Crippen LogP contribution >= 0.6 is 0 Å². The van der Waals surface area contributed by atoms with Crippen LogP contribution < -0.4 is 4.90 Å². The third-order valence-corrected chi connectivity index (χ3v) is 2.77. The van der Waals surface area contributed by atoms with Crippen LogP contribution in [0, 0.1) is 0 Å². The summed E-state index contributed by atoms with van der Waals surface area (Å²) >= 11 is 0. The number of rotatable bonds is 2. The van der Waals surface area contributed by atoms with Crippen LogP contribution in [0.5, 0.6) is 0 Å². The molecule has 0 radical (unpaired) electrons. The minimum absolute atomic E-state index is 0.281. The summed E-state index contributed by atoms with van der Waals surface area (Å²) in [4.78, 5) is 27.4. The van der Waals surface area contributed by atoms with Gasteiger partial charge in [0.2, 0.25) is 0 Å². The second-order valence-electron chi connectivity index (χ2n) is 4.17. The number of anilines is 1. The number of aromatic nitrogens is 1. The molecule has 21 heavy (non-hydrogen) atoms. The van der Waals surface area contributed by atoms with Crippen molar-refractivity contribution in [3.8, 4) is 0 Å². The number of carbonyl (C=O) groups excluding carboxylic acids is 2. The van der Waals surface area contributed by atoms with E-state index in [1.54, 1.807) is 42.7 Å². The van der Waals surface area contributed by atoms with Crippen molar-refractivity contribution in [2.45, 2.75) is 0 Å². The Bertz CT molecular complexity index is 646. The number of imide groups is 1. The lowest BCUT2D eigenvalue weighted by molar-refractivity contribution is -0.119. The molecule has 2 heterocycles. The SMILES string of the molecule is C=Cc1ccncc1.O=C1C=CC(=O)N1c1ccccc1. The summed E-state index contributed by atoms with van der Waals surface area (Å²) in [6.45, 7) is 3.60. The Morgan fingerprint density at radius 1 is 0.905 bits per heavy atom. The highest BCUT2D eigenvalue weighted by Gasteiger charge is 2.24. The van der Waals surface area contributed by atoms with Gasteiger partial charge >= 0.3 is 0 Å². The molecule has 3 rings (SSSR count). The van der Waals surface area contributed by atoms with Gasteiger partial charge in [0, 0.05) is 24.5 Å². The van der Waals surface area contributed by atoms with Gasteiger partial charge in [0.15, 0.2) is 0 Å². The van der Waals surface area contributed by atoms with Gasteiger partial charge in [0.1, 0.15) is 0 Å². The normalized spacial score (nSPS) is 12.9. The lowest BCUT2D eigenvalue weighted by Gasteiger charge is -2.12. The highest BCUT2D eigenvalue weighted by Crippen LogP contribution is 2.17. The summed E-state index contributed by atoms with van der Waals surface area (Å²) in [6, 6.07) is 12.7. The number of para-hydroxylation sites is 1. The van der Waals surface area contributed by atoms with Gasteiger partial charge in [-0.3, -0.25) is 14.6 Å². The molecule has 0 aliphatic carbocycles. The summed E-state index contributed by atoms with van der Waals surface area (Å²) in [5, 5.41) is 0. The smallest absolute Gasteiger partial charge is 0.258 e. The van der Waals surface area contributed by atoms with Crippen LogP contribution in [0.25, 0.3) is 6.08 Å². The first-order valence-corrected chi connectivity index (χ1v) is 6.36. The molecule has 0 spiro atoms. The van der Waals surface area contributed by atoms with E-state index in [4.69, 9.17) is 0 Å². The quantitative estimate of drug-likeness (QED) is 0.794. The molecule has 2 amide bonds. The Kier molecular flexibility index (Phi) is 4.77. The molecule has 0 saturated carbocycles. The Hall–Kier alpha value is -3.01. The molecule has 1 aromatic heterocycles. The maximum absolute atomic E-state index is 11.2. The van der Waals surface area contributed by atoms with Gasteiger partial charge in [-0.2, -0.15) is 0 Å². The van der Waals surface area contributed by atoms with Crippen molar-refractivity contribution < 1.29 is 9.59 Å². The van der Waals surface area contributed by atoms with Crippen molar-refractivity contribution in [3.63, 3.8) is 0 Å². The summed E-state index contributed by atoms with van der Waals surface area (Å²) in [6.07, 6.45) is 7.83. The van der Waals surface area contributed by atoms with Gasteiger partial charge in [0.25, 0.3) is 11.8 Å². The molecular formula is C17H14N2O2. The zero-order valence-electron chi connectivity index (χ0n) is 11.3. The van der Waals surface area contributed by atoms with E-state index < -0.39 is 0 Å². The first-order valence-electron chi connectivity index (χ1n) is 6.36. The Morgan fingerprint density at radius 3 is 1.95 bits per heavy atom. The molecular weight excluding hydrogens is 264 g/mol. The van der Waals surface area contributed by atoms with Crippen LogP contribution in [-0.2, 0) is 9.59 Å². The highest BCUT2D eigenvalue weighted by atomic mass is 16.2. The highest BCUT2D eigenvalue weighted by molar-refractivity contribution is 6.28. The molecule has 104 valence electrons. The molecule has 4 heteroatoms. The Balaban J connectivity index is 0.000000173. The van der Waals surface area contributed by atoms with E-state index in [0.29, 0.717) is 5.69 Å². The predicted octanol–water partition coefficient (Wildman–Crippen LogP) is 2.84. The summed E-state index contributed by atoms with van der Waals surface area (Å²) < 4.78 is 0. The summed E-state index contributed by atoms with van der Waals surface area (Å²) in [5.41, 5.74) is 1.72. The summed E-state index contributed by atoms with van der Waals surface area (Å²) in [5.74, 6) is -0.563. The van der Waals surface area contributed by atoms with Crippen molar-refractivity contribution in [2.24, 2.45) is 0 Å². The zero-order valence-corrected chi connectivity index (χ0v) is 11.3. The molecule has 0 fully saturated rings. The van der Waals surface area contributed by atoms with Crippen LogP contribution in [0.3, 0.4) is 0 Å². The van der Waals surface area contributed by atoms with Gasteiger partial charge in [-0.05, 0) is 29.8 Å². The molecule has 0 N–H and O–H groups in total. The molecule has 0 bridgehead atoms. The molecule has 0 atom stereocenters. The first-order chi connectivity index (χ1) is 10.2. The van der Waals surface area contributed by atoms with E-state index in [2.05, 4.69) is 11.6 Å². The van der Waals surface area contributed by atoms with Crippen LogP contribution in [0.1, 0.15) is 5.56 Å². The van der Waals surface area contributed by atoms with Crippen molar-refractivity contribution in [3.05, 3.63) is 79.2 Å². The number of hydrogen-bond acceptors (Lipinski definition) is 3. The lowest BCUT2D eigenvalue weighted by Crippen LogP contribution is -2.29. The maximum atomic E-state index is 11.2. The van der Waals surface area contributed by atoms with Crippen LogP contribution in [-0.4, -0.2) is 16.8 Å². The topological polar surface area (TPSA) is 50.3 Å². The van der Waals surface area contributed by atoms with E-state index in [-0.39, 0.29) is 11.8 Å². The Labute approximate surface area is 123 Å². The molecule has 1 aliphatic heterocycles. The van der Waals surface area contributed by atoms with E-state index in [1.165, 1.54) is 12.2 Å². The number of amides is 2. The third kappa shape index (κ3) is 3.73.